The van der Waals surface area contributed by atoms with E-state index in [1.165, 1.54) is 0 Å². The summed E-state index contributed by atoms with van der Waals surface area (Å²) in [5, 5.41) is 2.63. The molecule has 1 rings (SSSR count). The highest BCUT2D eigenvalue weighted by atomic mass is 35.5. The van der Waals surface area contributed by atoms with Gasteiger partial charge in [0, 0.05) is 5.69 Å². The first kappa shape index (κ1) is 9.33. The number of pyridine rings is 1. The minimum Gasteiger partial charge on any atom is -0.239 e. The van der Waals surface area contributed by atoms with Gasteiger partial charge in [-0.1, -0.05) is 18.5 Å². The number of aryl methyl sites for hydroxylation is 1. The molecule has 0 aliphatic carbocycles. The van der Waals surface area contributed by atoms with Gasteiger partial charge in [-0.2, -0.15) is 4.99 Å². The number of aromatic nitrogens is 1. The molecule has 0 fully saturated rings. The molecule has 0 bridgehead atoms. The van der Waals surface area contributed by atoms with E-state index in [2.05, 4.69) is 27.4 Å². The zero-order chi connectivity index (χ0) is 8.97. The van der Waals surface area contributed by atoms with Crippen LogP contribution < -0.4 is 0 Å². The van der Waals surface area contributed by atoms with Gasteiger partial charge in [0.05, 0.1) is 5.16 Å². The smallest absolute Gasteiger partial charge is 0.155 e. The number of thiocarbonyl (C=S) groups is 1. The molecule has 62 valence electrons. The standard InChI is InChI=1S/C8H7ClN2S/c1-2-6-3-4-7(10-5-12)8(9)11-6/h3-4H,2H2,1H3. The van der Waals surface area contributed by atoms with Gasteiger partial charge in [-0.15, -0.1) is 0 Å². The van der Waals surface area contributed by atoms with Crippen LogP contribution in [0.4, 0.5) is 5.69 Å². The summed E-state index contributed by atoms with van der Waals surface area (Å²) < 4.78 is 0. The molecular formula is C8H7ClN2S. The molecule has 0 aliphatic heterocycles. The quantitative estimate of drug-likeness (QED) is 0.415. The predicted molar refractivity (Wildman–Crippen MR) is 53.3 cm³/mol. The van der Waals surface area contributed by atoms with Gasteiger partial charge in [0.2, 0.25) is 0 Å². The molecule has 0 aromatic carbocycles. The first-order chi connectivity index (χ1) is 5.77. The zero-order valence-electron chi connectivity index (χ0n) is 6.54. The Labute approximate surface area is 81.3 Å². The number of hydrogen-bond acceptors (Lipinski definition) is 3. The van der Waals surface area contributed by atoms with Crippen LogP contribution in [0.15, 0.2) is 17.1 Å². The second-order valence-corrected chi connectivity index (χ2v) is 2.71. The highest BCUT2D eigenvalue weighted by Gasteiger charge is 1.99. The van der Waals surface area contributed by atoms with E-state index in [4.69, 9.17) is 11.6 Å². The van der Waals surface area contributed by atoms with Crippen molar-refractivity contribution in [2.75, 3.05) is 0 Å². The Morgan fingerprint density at radius 3 is 2.92 bits per heavy atom. The maximum Gasteiger partial charge on any atom is 0.155 e. The van der Waals surface area contributed by atoms with Crippen LogP contribution in [0.3, 0.4) is 0 Å². The molecule has 0 saturated carbocycles. The molecule has 0 radical (unpaired) electrons. The summed E-state index contributed by atoms with van der Waals surface area (Å²) >= 11 is 10.2. The average molecular weight is 199 g/mol. The minimum absolute atomic E-state index is 0.381. The normalized spacial score (nSPS) is 9.17. The number of nitrogens with zero attached hydrogens (tertiary/aromatic N) is 2. The first-order valence-electron chi connectivity index (χ1n) is 3.51. The monoisotopic (exact) mass is 198 g/mol. The number of hydrogen-bond donors (Lipinski definition) is 0. The predicted octanol–water partition coefficient (Wildman–Crippen LogP) is 3.03. The van der Waals surface area contributed by atoms with Crippen LogP contribution in [0.25, 0.3) is 0 Å². The number of rotatable bonds is 2. The van der Waals surface area contributed by atoms with Crippen LogP contribution in [-0.2, 0) is 6.42 Å². The molecular weight excluding hydrogens is 192 g/mol. The molecule has 4 heteroatoms. The van der Waals surface area contributed by atoms with Gasteiger partial charge in [0.25, 0.3) is 0 Å². The van der Waals surface area contributed by atoms with Crippen LogP contribution in [0.2, 0.25) is 5.15 Å². The topological polar surface area (TPSA) is 25.2 Å². The van der Waals surface area contributed by atoms with Crippen molar-refractivity contribution < 1.29 is 0 Å². The van der Waals surface area contributed by atoms with Gasteiger partial charge in [0.15, 0.2) is 5.15 Å². The van der Waals surface area contributed by atoms with Gasteiger partial charge >= 0.3 is 0 Å². The van der Waals surface area contributed by atoms with E-state index in [0.717, 1.165) is 12.1 Å². The molecule has 1 aromatic rings. The number of isothiocyanates is 1. The highest BCUT2D eigenvalue weighted by Crippen LogP contribution is 2.21. The summed E-state index contributed by atoms with van der Waals surface area (Å²) in [6.45, 7) is 2.01. The van der Waals surface area contributed by atoms with Crippen molar-refractivity contribution in [2.24, 2.45) is 4.99 Å². The summed E-state index contributed by atoms with van der Waals surface area (Å²) in [7, 11) is 0. The number of halogens is 1. The maximum absolute atomic E-state index is 5.80. The fourth-order valence-corrected chi connectivity index (χ4v) is 1.11. The van der Waals surface area contributed by atoms with Crippen molar-refractivity contribution in [3.63, 3.8) is 0 Å². The zero-order valence-corrected chi connectivity index (χ0v) is 8.11. The lowest BCUT2D eigenvalue weighted by Crippen LogP contribution is -1.85. The first-order valence-corrected chi connectivity index (χ1v) is 4.30. The Kier molecular flexibility index (Phi) is 3.35. The Bertz CT molecular complexity index is 332. The largest absolute Gasteiger partial charge is 0.239 e. The van der Waals surface area contributed by atoms with Crippen LogP contribution in [0.5, 0.6) is 0 Å². The van der Waals surface area contributed by atoms with E-state index < -0.39 is 0 Å². The minimum atomic E-state index is 0.381. The molecule has 0 spiro atoms. The molecule has 0 aliphatic rings. The van der Waals surface area contributed by atoms with Crippen molar-refractivity contribution in [1.82, 2.24) is 4.98 Å². The van der Waals surface area contributed by atoms with E-state index in [9.17, 15) is 0 Å². The van der Waals surface area contributed by atoms with Gasteiger partial charge < -0.3 is 0 Å². The lowest BCUT2D eigenvalue weighted by atomic mass is 10.3. The molecule has 0 N–H and O–H groups in total. The molecule has 12 heavy (non-hydrogen) atoms. The third-order valence-corrected chi connectivity index (χ3v) is 1.78. The van der Waals surface area contributed by atoms with Gasteiger partial charge in [0.1, 0.15) is 5.69 Å². The summed E-state index contributed by atoms with van der Waals surface area (Å²) in [5.41, 5.74) is 1.52. The molecule has 0 unspecified atom stereocenters. The number of aliphatic imine (C=N–C) groups is 1. The highest BCUT2D eigenvalue weighted by molar-refractivity contribution is 7.78. The van der Waals surface area contributed by atoms with E-state index in [-0.39, 0.29) is 0 Å². The summed E-state index contributed by atoms with van der Waals surface area (Å²) in [6, 6.07) is 3.66. The van der Waals surface area contributed by atoms with Crippen molar-refractivity contribution in [3.8, 4) is 0 Å². The average Bonchev–Trinajstić information content (AvgIpc) is 2.09. The van der Waals surface area contributed by atoms with Crippen LogP contribution in [0, 0.1) is 0 Å². The van der Waals surface area contributed by atoms with E-state index in [1.807, 2.05) is 13.0 Å². The van der Waals surface area contributed by atoms with E-state index >= 15 is 0 Å². The van der Waals surface area contributed by atoms with Gasteiger partial charge in [-0.25, -0.2) is 4.98 Å². The van der Waals surface area contributed by atoms with Crippen molar-refractivity contribution >= 4 is 34.7 Å². The van der Waals surface area contributed by atoms with Crippen LogP contribution >= 0.6 is 23.8 Å². The lowest BCUT2D eigenvalue weighted by Gasteiger charge is -1.97. The third kappa shape index (κ3) is 2.11. The van der Waals surface area contributed by atoms with E-state index in [0.29, 0.717) is 10.8 Å². The van der Waals surface area contributed by atoms with Crippen molar-refractivity contribution in [2.45, 2.75) is 13.3 Å². The Balaban J connectivity index is 3.11. The molecule has 0 saturated heterocycles. The molecule has 0 atom stereocenters. The lowest BCUT2D eigenvalue weighted by molar-refractivity contribution is 1.04. The van der Waals surface area contributed by atoms with Gasteiger partial charge in [-0.05, 0) is 30.8 Å². The Morgan fingerprint density at radius 1 is 1.67 bits per heavy atom. The fourth-order valence-electron chi connectivity index (χ4n) is 0.794. The molecule has 1 aromatic heterocycles. The van der Waals surface area contributed by atoms with Crippen molar-refractivity contribution in [1.29, 1.82) is 0 Å². The van der Waals surface area contributed by atoms with Gasteiger partial charge in [-0.3, -0.25) is 0 Å². The van der Waals surface area contributed by atoms with Crippen molar-refractivity contribution in [3.05, 3.63) is 23.0 Å². The third-order valence-electron chi connectivity index (χ3n) is 1.42. The summed E-state index contributed by atoms with van der Waals surface area (Å²) in [5.74, 6) is 0. The Morgan fingerprint density at radius 2 is 2.42 bits per heavy atom. The van der Waals surface area contributed by atoms with E-state index in [1.54, 1.807) is 6.07 Å². The Hall–Kier alpha value is -0.760. The SMILES string of the molecule is CCc1ccc(N=C=S)c(Cl)n1. The molecule has 2 nitrogen and oxygen atoms in total. The second-order valence-electron chi connectivity index (χ2n) is 2.17. The summed E-state index contributed by atoms with van der Waals surface area (Å²) in [4.78, 5) is 7.85. The summed E-state index contributed by atoms with van der Waals surface area (Å²) in [6.07, 6.45) is 0.862. The fraction of sp³-hybridized carbons (Fsp3) is 0.250. The van der Waals surface area contributed by atoms with Crippen LogP contribution in [0.1, 0.15) is 12.6 Å². The molecule has 0 amide bonds. The second kappa shape index (κ2) is 4.31. The van der Waals surface area contributed by atoms with Crippen LogP contribution in [-0.4, -0.2) is 10.1 Å². The maximum atomic E-state index is 5.80. The molecule has 1 heterocycles.